The largest absolute Gasteiger partial charge is 0.364 e. The molecule has 0 amide bonds. The third kappa shape index (κ3) is 1.74. The SMILES string of the molecule is c1cc2n3c(cnc3c1)-c1cncc(n1)N[C@H]1CNC[C@H]1C2. The third-order valence-corrected chi connectivity index (χ3v) is 4.65. The molecule has 2 aliphatic heterocycles. The lowest BCUT2D eigenvalue weighted by molar-refractivity contribution is 0.525. The number of imidazole rings is 1. The summed E-state index contributed by atoms with van der Waals surface area (Å²) in [4.78, 5) is 13.6. The van der Waals surface area contributed by atoms with Crippen LogP contribution in [-0.2, 0) is 6.42 Å². The Morgan fingerprint density at radius 1 is 1.14 bits per heavy atom. The molecule has 6 heteroatoms. The van der Waals surface area contributed by atoms with Gasteiger partial charge in [0.25, 0.3) is 0 Å². The van der Waals surface area contributed by atoms with E-state index in [2.05, 4.69) is 37.1 Å². The summed E-state index contributed by atoms with van der Waals surface area (Å²) in [5.41, 5.74) is 4.11. The van der Waals surface area contributed by atoms with Crippen LogP contribution in [-0.4, -0.2) is 38.5 Å². The predicted octanol–water partition coefficient (Wildman–Crippen LogP) is 1.35. The van der Waals surface area contributed by atoms with E-state index in [9.17, 15) is 0 Å². The van der Waals surface area contributed by atoms with Crippen LogP contribution < -0.4 is 10.6 Å². The molecule has 0 spiro atoms. The number of rotatable bonds is 0. The van der Waals surface area contributed by atoms with Crippen LogP contribution in [0.3, 0.4) is 0 Å². The lowest BCUT2D eigenvalue weighted by atomic mass is 9.97. The molecule has 22 heavy (non-hydrogen) atoms. The number of anilines is 1. The first-order chi connectivity index (χ1) is 10.9. The second kappa shape index (κ2) is 4.51. The monoisotopic (exact) mass is 292 g/mol. The van der Waals surface area contributed by atoms with Gasteiger partial charge in [-0.1, -0.05) is 6.07 Å². The molecule has 1 saturated heterocycles. The van der Waals surface area contributed by atoms with Crippen LogP contribution in [0.15, 0.2) is 36.8 Å². The van der Waals surface area contributed by atoms with Crippen molar-refractivity contribution in [2.45, 2.75) is 12.5 Å². The lowest BCUT2D eigenvalue weighted by Gasteiger charge is -2.23. The first-order valence-electron chi connectivity index (χ1n) is 7.63. The zero-order valence-corrected chi connectivity index (χ0v) is 12.0. The summed E-state index contributed by atoms with van der Waals surface area (Å²) in [7, 11) is 0. The van der Waals surface area contributed by atoms with Crippen LogP contribution in [0.1, 0.15) is 5.69 Å². The van der Waals surface area contributed by atoms with Crippen molar-refractivity contribution in [2.75, 3.05) is 18.4 Å². The van der Waals surface area contributed by atoms with E-state index >= 15 is 0 Å². The highest BCUT2D eigenvalue weighted by Crippen LogP contribution is 2.26. The van der Waals surface area contributed by atoms with E-state index in [4.69, 9.17) is 4.98 Å². The topological polar surface area (TPSA) is 67.1 Å². The molecule has 5 rings (SSSR count). The van der Waals surface area contributed by atoms with Crippen molar-refractivity contribution in [3.63, 3.8) is 0 Å². The van der Waals surface area contributed by atoms with Gasteiger partial charge >= 0.3 is 0 Å². The fourth-order valence-electron chi connectivity index (χ4n) is 3.58. The molecule has 2 bridgehead atoms. The maximum atomic E-state index is 4.73. The molecule has 3 aromatic rings. The molecule has 2 atom stereocenters. The number of pyridine rings is 1. The van der Waals surface area contributed by atoms with Gasteiger partial charge in [-0.2, -0.15) is 0 Å². The molecule has 0 saturated carbocycles. The van der Waals surface area contributed by atoms with Crippen LogP contribution >= 0.6 is 0 Å². The van der Waals surface area contributed by atoms with E-state index in [0.29, 0.717) is 12.0 Å². The highest BCUT2D eigenvalue weighted by molar-refractivity contribution is 5.62. The fourth-order valence-corrected chi connectivity index (χ4v) is 3.58. The van der Waals surface area contributed by atoms with E-state index in [-0.39, 0.29) is 0 Å². The van der Waals surface area contributed by atoms with Crippen LogP contribution in [0.25, 0.3) is 17.0 Å². The predicted molar refractivity (Wildman–Crippen MR) is 83.7 cm³/mol. The van der Waals surface area contributed by atoms with Crippen LogP contribution in [0.4, 0.5) is 5.82 Å². The zero-order valence-electron chi connectivity index (χ0n) is 12.0. The Kier molecular flexibility index (Phi) is 2.48. The van der Waals surface area contributed by atoms with Gasteiger partial charge in [-0.05, 0) is 24.5 Å². The summed E-state index contributed by atoms with van der Waals surface area (Å²) < 4.78 is 2.22. The van der Waals surface area contributed by atoms with Crippen molar-refractivity contribution >= 4 is 11.5 Å². The van der Waals surface area contributed by atoms with Gasteiger partial charge in [0.15, 0.2) is 0 Å². The normalized spacial score (nSPS) is 23.1. The first-order valence-corrected chi connectivity index (χ1v) is 7.63. The van der Waals surface area contributed by atoms with Gasteiger partial charge in [0.1, 0.15) is 17.2 Å². The molecule has 3 aromatic heterocycles. The van der Waals surface area contributed by atoms with Gasteiger partial charge in [-0.25, -0.2) is 9.97 Å². The quantitative estimate of drug-likeness (QED) is 0.654. The van der Waals surface area contributed by atoms with Crippen LogP contribution in [0.2, 0.25) is 0 Å². The Balaban J connectivity index is 1.80. The molecule has 2 N–H and O–H groups in total. The standard InChI is InChI=1S/C16H16N6/c1-2-11-4-10-5-17-6-12(10)20-15-9-18-7-13(21-15)14-8-19-16(3-1)22(11)14/h1-3,7-10,12,17H,4-6H2,(H,20,21)/t10-,12+/m1/s1. The van der Waals surface area contributed by atoms with E-state index in [0.717, 1.165) is 42.4 Å². The van der Waals surface area contributed by atoms with Gasteiger partial charge in [0.2, 0.25) is 0 Å². The number of nitrogens with zero attached hydrogens (tertiary/aromatic N) is 4. The van der Waals surface area contributed by atoms with Crippen molar-refractivity contribution in [1.29, 1.82) is 0 Å². The van der Waals surface area contributed by atoms with Gasteiger partial charge < -0.3 is 10.6 Å². The molecule has 0 aliphatic carbocycles. The maximum Gasteiger partial charge on any atom is 0.145 e. The van der Waals surface area contributed by atoms with Crippen molar-refractivity contribution < 1.29 is 0 Å². The molecule has 6 nitrogen and oxygen atoms in total. The second-order valence-electron chi connectivity index (χ2n) is 6.02. The first kappa shape index (κ1) is 12.1. The molecule has 1 fully saturated rings. The molecule has 110 valence electrons. The van der Waals surface area contributed by atoms with E-state index in [1.54, 1.807) is 12.4 Å². The Morgan fingerprint density at radius 2 is 2.14 bits per heavy atom. The highest BCUT2D eigenvalue weighted by Gasteiger charge is 2.29. The Morgan fingerprint density at radius 3 is 3.14 bits per heavy atom. The summed E-state index contributed by atoms with van der Waals surface area (Å²) in [6.45, 7) is 1.98. The van der Waals surface area contributed by atoms with Crippen molar-refractivity contribution in [3.05, 3.63) is 42.5 Å². The minimum absolute atomic E-state index is 0.380. The summed E-state index contributed by atoms with van der Waals surface area (Å²) in [5, 5.41) is 7.02. The van der Waals surface area contributed by atoms with Crippen molar-refractivity contribution in [3.8, 4) is 11.4 Å². The summed E-state index contributed by atoms with van der Waals surface area (Å²) in [5.74, 6) is 1.37. The minimum atomic E-state index is 0.380. The lowest BCUT2D eigenvalue weighted by Crippen LogP contribution is -2.31. The molecule has 0 aromatic carbocycles. The number of aromatic nitrogens is 4. The zero-order chi connectivity index (χ0) is 14.5. The number of nitrogens with one attached hydrogen (secondary N) is 2. The molecule has 2 aliphatic rings. The highest BCUT2D eigenvalue weighted by atomic mass is 15.1. The number of hydrogen-bond donors (Lipinski definition) is 2. The Hall–Kier alpha value is -2.47. The summed E-state index contributed by atoms with van der Waals surface area (Å²) >= 11 is 0. The summed E-state index contributed by atoms with van der Waals surface area (Å²) in [6, 6.07) is 6.69. The molecular formula is C16H16N6. The molecule has 5 heterocycles. The van der Waals surface area contributed by atoms with Gasteiger partial charge in [-0.15, -0.1) is 0 Å². The summed E-state index contributed by atoms with van der Waals surface area (Å²) in [6.07, 6.45) is 6.50. The smallest absolute Gasteiger partial charge is 0.145 e. The Bertz CT molecular complexity index is 855. The molecule has 0 radical (unpaired) electrons. The van der Waals surface area contributed by atoms with E-state index in [1.807, 2.05) is 12.3 Å². The van der Waals surface area contributed by atoms with Gasteiger partial charge in [0.05, 0.1) is 24.3 Å². The van der Waals surface area contributed by atoms with E-state index < -0.39 is 0 Å². The second-order valence-corrected chi connectivity index (χ2v) is 6.02. The third-order valence-electron chi connectivity index (χ3n) is 4.65. The Labute approximate surface area is 127 Å². The molecular weight excluding hydrogens is 276 g/mol. The minimum Gasteiger partial charge on any atom is -0.364 e. The van der Waals surface area contributed by atoms with Crippen LogP contribution in [0, 0.1) is 5.92 Å². The van der Waals surface area contributed by atoms with Gasteiger partial charge in [0, 0.05) is 24.8 Å². The number of hydrogen-bond acceptors (Lipinski definition) is 5. The average Bonchev–Trinajstić information content (AvgIpc) is 3.15. The average molecular weight is 292 g/mol. The maximum absolute atomic E-state index is 4.73. The number of fused-ring (bicyclic) bond motifs is 4. The van der Waals surface area contributed by atoms with E-state index in [1.165, 1.54) is 5.69 Å². The van der Waals surface area contributed by atoms with Gasteiger partial charge in [-0.3, -0.25) is 9.38 Å². The van der Waals surface area contributed by atoms with Crippen molar-refractivity contribution in [2.24, 2.45) is 5.92 Å². The van der Waals surface area contributed by atoms with Crippen LogP contribution in [0.5, 0.6) is 0 Å². The van der Waals surface area contributed by atoms with Crippen molar-refractivity contribution in [1.82, 2.24) is 24.7 Å². The fraction of sp³-hybridized carbons (Fsp3) is 0.312. The molecule has 0 unspecified atom stereocenters.